The standard InChI is InChI=1S/C20H31N7/c1-15(2)27-14-23-24-20(27)17-7-5-9-26(12-17)19-10-18(21-13-22-19)25-8-4-6-16(3)11-25/h10,13-17H,4-9,11-12H2,1-3H3. The summed E-state index contributed by atoms with van der Waals surface area (Å²) in [4.78, 5) is 14.0. The van der Waals surface area contributed by atoms with E-state index in [2.05, 4.69) is 61.4 Å². The molecule has 7 nitrogen and oxygen atoms in total. The van der Waals surface area contributed by atoms with Gasteiger partial charge in [0.15, 0.2) is 0 Å². The molecule has 2 aromatic rings. The number of hydrogen-bond donors (Lipinski definition) is 0. The molecule has 2 atom stereocenters. The summed E-state index contributed by atoms with van der Waals surface area (Å²) in [6, 6.07) is 2.56. The second kappa shape index (κ2) is 7.82. The Labute approximate surface area is 161 Å². The van der Waals surface area contributed by atoms with E-state index in [1.54, 1.807) is 6.33 Å². The van der Waals surface area contributed by atoms with Crippen molar-refractivity contribution in [1.29, 1.82) is 0 Å². The van der Waals surface area contributed by atoms with Gasteiger partial charge in [-0.25, -0.2) is 9.97 Å². The summed E-state index contributed by atoms with van der Waals surface area (Å²) in [6.45, 7) is 10.9. The van der Waals surface area contributed by atoms with Crippen molar-refractivity contribution in [2.24, 2.45) is 5.92 Å². The van der Waals surface area contributed by atoms with E-state index in [1.807, 2.05) is 6.33 Å². The van der Waals surface area contributed by atoms with Gasteiger partial charge >= 0.3 is 0 Å². The van der Waals surface area contributed by atoms with Crippen LogP contribution in [0.15, 0.2) is 18.7 Å². The average Bonchev–Trinajstić information content (AvgIpc) is 3.19. The van der Waals surface area contributed by atoms with Gasteiger partial charge in [0, 0.05) is 44.2 Å². The molecule has 2 aliphatic heterocycles. The van der Waals surface area contributed by atoms with Gasteiger partial charge < -0.3 is 14.4 Å². The quantitative estimate of drug-likeness (QED) is 0.824. The van der Waals surface area contributed by atoms with E-state index in [4.69, 9.17) is 0 Å². The first kappa shape index (κ1) is 18.2. The van der Waals surface area contributed by atoms with Gasteiger partial charge in [0.2, 0.25) is 0 Å². The highest BCUT2D eigenvalue weighted by molar-refractivity contribution is 5.51. The zero-order chi connectivity index (χ0) is 18.8. The lowest BCUT2D eigenvalue weighted by atomic mass is 9.97. The van der Waals surface area contributed by atoms with Gasteiger partial charge in [-0.3, -0.25) is 0 Å². The first-order chi connectivity index (χ1) is 13.1. The van der Waals surface area contributed by atoms with Crippen LogP contribution in [0.4, 0.5) is 11.6 Å². The molecule has 4 heterocycles. The summed E-state index contributed by atoms with van der Waals surface area (Å²) < 4.78 is 2.20. The van der Waals surface area contributed by atoms with Crippen molar-refractivity contribution in [3.8, 4) is 0 Å². The molecule has 2 aromatic heterocycles. The molecule has 2 fully saturated rings. The predicted molar refractivity (Wildman–Crippen MR) is 107 cm³/mol. The third-order valence-corrected chi connectivity index (χ3v) is 5.89. The molecule has 7 heteroatoms. The molecular weight excluding hydrogens is 338 g/mol. The summed E-state index contributed by atoms with van der Waals surface area (Å²) >= 11 is 0. The molecule has 146 valence electrons. The lowest BCUT2D eigenvalue weighted by molar-refractivity contribution is 0.443. The van der Waals surface area contributed by atoms with Gasteiger partial charge in [-0.15, -0.1) is 10.2 Å². The van der Waals surface area contributed by atoms with E-state index >= 15 is 0 Å². The van der Waals surface area contributed by atoms with Gasteiger partial charge in [0.05, 0.1) is 0 Å². The van der Waals surface area contributed by atoms with Gasteiger partial charge in [-0.05, 0) is 45.4 Å². The largest absolute Gasteiger partial charge is 0.356 e. The lowest BCUT2D eigenvalue weighted by Crippen LogP contribution is -2.37. The summed E-state index contributed by atoms with van der Waals surface area (Å²) in [6.07, 6.45) is 8.46. The molecule has 0 aliphatic carbocycles. The van der Waals surface area contributed by atoms with Gasteiger partial charge in [-0.2, -0.15) is 0 Å². The second-order valence-electron chi connectivity index (χ2n) is 8.40. The molecule has 0 bridgehead atoms. The van der Waals surface area contributed by atoms with Crippen molar-refractivity contribution in [1.82, 2.24) is 24.7 Å². The number of hydrogen-bond acceptors (Lipinski definition) is 6. The smallest absolute Gasteiger partial charge is 0.137 e. The van der Waals surface area contributed by atoms with Crippen molar-refractivity contribution < 1.29 is 0 Å². The Morgan fingerprint density at radius 1 is 1.00 bits per heavy atom. The van der Waals surface area contributed by atoms with Crippen LogP contribution in [0.2, 0.25) is 0 Å². The first-order valence-corrected chi connectivity index (χ1v) is 10.3. The van der Waals surface area contributed by atoms with Crippen molar-refractivity contribution in [3.05, 3.63) is 24.5 Å². The topological polar surface area (TPSA) is 63.0 Å². The van der Waals surface area contributed by atoms with Crippen molar-refractivity contribution >= 4 is 11.6 Å². The molecule has 27 heavy (non-hydrogen) atoms. The SMILES string of the molecule is CC1CCCN(c2cc(N3CCCC(c4nncn4C(C)C)C3)ncn2)C1. The molecule has 2 unspecified atom stereocenters. The minimum absolute atomic E-state index is 0.386. The fourth-order valence-corrected chi connectivity index (χ4v) is 4.42. The monoisotopic (exact) mass is 369 g/mol. The highest BCUT2D eigenvalue weighted by atomic mass is 15.3. The fraction of sp³-hybridized carbons (Fsp3) is 0.700. The summed E-state index contributed by atoms with van der Waals surface area (Å²) in [5.74, 6) is 4.35. The van der Waals surface area contributed by atoms with E-state index < -0.39 is 0 Å². The Kier molecular flexibility index (Phi) is 5.27. The van der Waals surface area contributed by atoms with Crippen LogP contribution in [0.3, 0.4) is 0 Å². The van der Waals surface area contributed by atoms with Crippen molar-refractivity contribution in [2.45, 2.75) is 58.4 Å². The summed E-state index contributed by atoms with van der Waals surface area (Å²) in [5, 5.41) is 8.59. The zero-order valence-electron chi connectivity index (χ0n) is 16.8. The minimum atomic E-state index is 0.386. The maximum Gasteiger partial charge on any atom is 0.137 e. The molecule has 2 saturated heterocycles. The van der Waals surface area contributed by atoms with Crippen LogP contribution in [0.1, 0.15) is 64.2 Å². The van der Waals surface area contributed by atoms with Crippen LogP contribution in [0, 0.1) is 5.92 Å². The molecule has 0 N–H and O–H groups in total. The average molecular weight is 370 g/mol. The Bertz CT molecular complexity index is 756. The molecule has 0 radical (unpaired) electrons. The van der Waals surface area contributed by atoms with Crippen LogP contribution in [0.5, 0.6) is 0 Å². The summed E-state index contributed by atoms with van der Waals surface area (Å²) in [5.41, 5.74) is 0. The van der Waals surface area contributed by atoms with Crippen molar-refractivity contribution in [3.63, 3.8) is 0 Å². The second-order valence-corrected chi connectivity index (χ2v) is 8.40. The number of piperidine rings is 2. The minimum Gasteiger partial charge on any atom is -0.356 e. The normalized spacial score (nSPS) is 23.9. The molecule has 4 rings (SSSR count). The fourth-order valence-electron chi connectivity index (χ4n) is 4.42. The van der Waals surface area contributed by atoms with Crippen molar-refractivity contribution in [2.75, 3.05) is 36.0 Å². The summed E-state index contributed by atoms with van der Waals surface area (Å²) in [7, 11) is 0. The van der Waals surface area contributed by atoms with E-state index in [0.29, 0.717) is 12.0 Å². The Morgan fingerprint density at radius 2 is 1.70 bits per heavy atom. The molecule has 0 spiro atoms. The third kappa shape index (κ3) is 3.92. The van der Waals surface area contributed by atoms with E-state index in [-0.39, 0.29) is 0 Å². The highest BCUT2D eigenvalue weighted by Crippen LogP contribution is 2.30. The van der Waals surface area contributed by atoms with Gasteiger partial charge in [0.1, 0.15) is 30.1 Å². The van der Waals surface area contributed by atoms with E-state index in [1.165, 1.54) is 12.8 Å². The van der Waals surface area contributed by atoms with E-state index in [0.717, 1.165) is 62.4 Å². The molecule has 0 aromatic carbocycles. The number of rotatable bonds is 4. The van der Waals surface area contributed by atoms with E-state index in [9.17, 15) is 0 Å². The maximum absolute atomic E-state index is 4.60. The molecular formula is C20H31N7. The van der Waals surface area contributed by atoms with Crippen LogP contribution >= 0.6 is 0 Å². The lowest BCUT2D eigenvalue weighted by Gasteiger charge is -2.35. The highest BCUT2D eigenvalue weighted by Gasteiger charge is 2.27. The molecule has 0 saturated carbocycles. The first-order valence-electron chi connectivity index (χ1n) is 10.3. The third-order valence-electron chi connectivity index (χ3n) is 5.89. The Morgan fingerprint density at radius 3 is 2.41 bits per heavy atom. The number of nitrogens with zero attached hydrogens (tertiary/aromatic N) is 7. The number of anilines is 2. The zero-order valence-corrected chi connectivity index (χ0v) is 16.8. The van der Waals surface area contributed by atoms with Gasteiger partial charge in [-0.1, -0.05) is 6.92 Å². The van der Waals surface area contributed by atoms with Crippen LogP contribution < -0.4 is 9.80 Å². The maximum atomic E-state index is 4.60. The Hall–Kier alpha value is -2.18. The predicted octanol–water partition coefficient (Wildman–Crippen LogP) is 3.27. The van der Waals surface area contributed by atoms with Crippen LogP contribution in [-0.2, 0) is 0 Å². The van der Waals surface area contributed by atoms with Gasteiger partial charge in [0.25, 0.3) is 0 Å². The molecule has 0 amide bonds. The van der Waals surface area contributed by atoms with Crippen LogP contribution in [-0.4, -0.2) is 50.9 Å². The Balaban J connectivity index is 1.51. The number of aromatic nitrogens is 5. The molecule has 2 aliphatic rings. The van der Waals surface area contributed by atoms with Crippen LogP contribution in [0.25, 0.3) is 0 Å².